The zero-order chi connectivity index (χ0) is 9.80. The van der Waals surface area contributed by atoms with Crippen LogP contribution in [0.5, 0.6) is 0 Å². The Bertz CT molecular complexity index is 397. The lowest BCUT2D eigenvalue weighted by Gasteiger charge is -1.92. The highest BCUT2D eigenvalue weighted by Crippen LogP contribution is 2.16. The fourth-order valence-corrected chi connectivity index (χ4v) is 1.28. The van der Waals surface area contributed by atoms with E-state index in [0.717, 1.165) is 17.0 Å². The molecule has 0 aliphatic carbocycles. The molecule has 14 heavy (non-hydrogen) atoms. The first-order valence-electron chi connectivity index (χ1n) is 4.31. The Hall–Kier alpha value is -1.65. The van der Waals surface area contributed by atoms with Gasteiger partial charge >= 0.3 is 0 Å². The van der Waals surface area contributed by atoms with Crippen molar-refractivity contribution in [3.63, 3.8) is 0 Å². The number of H-pyrrole nitrogens is 1. The van der Waals surface area contributed by atoms with Crippen LogP contribution in [0.4, 0.5) is 0 Å². The van der Waals surface area contributed by atoms with E-state index < -0.39 is 0 Å². The zero-order valence-corrected chi connectivity index (χ0v) is 7.60. The standard InChI is InChI=1S/C10H11N3O/c11-14-7-9-6-10(13-12-9)8-4-2-1-3-5-8/h1-6H,7,11H2,(H,12,13). The van der Waals surface area contributed by atoms with E-state index >= 15 is 0 Å². The maximum Gasteiger partial charge on any atom is 0.109 e. The molecule has 0 saturated heterocycles. The molecule has 2 rings (SSSR count). The number of nitrogens with one attached hydrogen (secondary N) is 1. The van der Waals surface area contributed by atoms with Crippen molar-refractivity contribution in [3.8, 4) is 11.3 Å². The number of aromatic amines is 1. The van der Waals surface area contributed by atoms with Gasteiger partial charge in [0, 0.05) is 5.56 Å². The van der Waals surface area contributed by atoms with Gasteiger partial charge in [-0.05, 0) is 6.07 Å². The van der Waals surface area contributed by atoms with Crippen LogP contribution in [0.2, 0.25) is 0 Å². The zero-order valence-electron chi connectivity index (χ0n) is 7.60. The highest BCUT2D eigenvalue weighted by molar-refractivity contribution is 5.58. The van der Waals surface area contributed by atoms with E-state index in [-0.39, 0.29) is 0 Å². The van der Waals surface area contributed by atoms with Crippen LogP contribution in [0.25, 0.3) is 11.3 Å². The lowest BCUT2D eigenvalue weighted by Crippen LogP contribution is -1.98. The van der Waals surface area contributed by atoms with Gasteiger partial charge in [0.15, 0.2) is 0 Å². The van der Waals surface area contributed by atoms with Gasteiger partial charge in [0.25, 0.3) is 0 Å². The van der Waals surface area contributed by atoms with E-state index in [2.05, 4.69) is 15.0 Å². The molecule has 0 atom stereocenters. The minimum Gasteiger partial charge on any atom is -0.298 e. The van der Waals surface area contributed by atoms with Crippen LogP contribution in [0.3, 0.4) is 0 Å². The quantitative estimate of drug-likeness (QED) is 0.718. The second-order valence-electron chi connectivity index (χ2n) is 2.96. The monoisotopic (exact) mass is 189 g/mol. The molecule has 0 unspecified atom stereocenters. The molecule has 0 fully saturated rings. The second-order valence-corrected chi connectivity index (χ2v) is 2.96. The van der Waals surface area contributed by atoms with Crippen molar-refractivity contribution in [2.24, 2.45) is 5.90 Å². The van der Waals surface area contributed by atoms with E-state index in [1.165, 1.54) is 0 Å². The van der Waals surface area contributed by atoms with Gasteiger partial charge in [0.2, 0.25) is 0 Å². The summed E-state index contributed by atoms with van der Waals surface area (Å²) >= 11 is 0. The summed E-state index contributed by atoms with van der Waals surface area (Å²) in [6, 6.07) is 11.8. The van der Waals surface area contributed by atoms with Gasteiger partial charge in [-0.25, -0.2) is 5.90 Å². The second kappa shape index (κ2) is 4.04. The molecular formula is C10H11N3O. The minimum absolute atomic E-state index is 0.347. The SMILES string of the molecule is NOCc1cc(-c2ccccc2)n[nH]1. The van der Waals surface area contributed by atoms with Crippen LogP contribution < -0.4 is 5.90 Å². The smallest absolute Gasteiger partial charge is 0.109 e. The van der Waals surface area contributed by atoms with Gasteiger partial charge in [0.05, 0.1) is 11.4 Å². The first kappa shape index (κ1) is 8.93. The average Bonchev–Trinajstić information content (AvgIpc) is 2.68. The van der Waals surface area contributed by atoms with Gasteiger partial charge in [-0.1, -0.05) is 30.3 Å². The highest BCUT2D eigenvalue weighted by atomic mass is 16.6. The number of nitrogens with two attached hydrogens (primary N) is 1. The molecule has 0 aliphatic heterocycles. The largest absolute Gasteiger partial charge is 0.298 e. The predicted octanol–water partition coefficient (Wildman–Crippen LogP) is 1.47. The maximum absolute atomic E-state index is 4.96. The first-order valence-corrected chi connectivity index (χ1v) is 4.31. The fourth-order valence-electron chi connectivity index (χ4n) is 1.28. The first-order chi connectivity index (χ1) is 6.90. The molecule has 0 spiro atoms. The third kappa shape index (κ3) is 1.81. The van der Waals surface area contributed by atoms with E-state index in [1.54, 1.807) is 0 Å². The van der Waals surface area contributed by atoms with Crippen LogP contribution in [-0.2, 0) is 11.4 Å². The molecule has 1 aromatic carbocycles. The minimum atomic E-state index is 0.347. The molecule has 0 bridgehead atoms. The van der Waals surface area contributed by atoms with Crippen molar-refractivity contribution in [1.29, 1.82) is 0 Å². The third-order valence-corrected chi connectivity index (χ3v) is 1.94. The molecule has 0 aliphatic rings. The Morgan fingerprint density at radius 1 is 1.29 bits per heavy atom. The molecular weight excluding hydrogens is 178 g/mol. The topological polar surface area (TPSA) is 63.9 Å². The van der Waals surface area contributed by atoms with Gasteiger partial charge in [-0.2, -0.15) is 5.10 Å². The number of aromatic nitrogens is 2. The summed E-state index contributed by atoms with van der Waals surface area (Å²) in [5, 5.41) is 6.99. The third-order valence-electron chi connectivity index (χ3n) is 1.94. The summed E-state index contributed by atoms with van der Waals surface area (Å²) in [6.45, 7) is 0.347. The number of hydrogen-bond acceptors (Lipinski definition) is 3. The summed E-state index contributed by atoms with van der Waals surface area (Å²) in [5.74, 6) is 4.96. The molecule has 3 N–H and O–H groups in total. The van der Waals surface area contributed by atoms with E-state index in [1.807, 2.05) is 36.4 Å². The van der Waals surface area contributed by atoms with Crippen molar-refractivity contribution in [3.05, 3.63) is 42.1 Å². The molecule has 2 aromatic rings. The van der Waals surface area contributed by atoms with E-state index in [0.29, 0.717) is 6.61 Å². The molecule has 1 aromatic heterocycles. The summed E-state index contributed by atoms with van der Waals surface area (Å²) in [5.41, 5.74) is 2.84. The van der Waals surface area contributed by atoms with Crippen molar-refractivity contribution in [2.45, 2.75) is 6.61 Å². The van der Waals surface area contributed by atoms with Gasteiger partial charge in [0.1, 0.15) is 6.61 Å². The average molecular weight is 189 g/mol. The predicted molar refractivity (Wildman–Crippen MR) is 53.0 cm³/mol. The van der Waals surface area contributed by atoms with E-state index in [9.17, 15) is 0 Å². The molecule has 0 amide bonds. The molecule has 4 heteroatoms. The maximum atomic E-state index is 4.96. The Morgan fingerprint density at radius 3 is 2.79 bits per heavy atom. The summed E-state index contributed by atoms with van der Waals surface area (Å²) in [7, 11) is 0. The van der Waals surface area contributed by atoms with Crippen LogP contribution in [-0.4, -0.2) is 10.2 Å². The van der Waals surface area contributed by atoms with Gasteiger partial charge in [-0.15, -0.1) is 0 Å². The van der Waals surface area contributed by atoms with Crippen molar-refractivity contribution < 1.29 is 4.84 Å². The van der Waals surface area contributed by atoms with Gasteiger partial charge < -0.3 is 0 Å². The number of benzene rings is 1. The molecule has 4 nitrogen and oxygen atoms in total. The normalized spacial score (nSPS) is 10.4. The molecule has 72 valence electrons. The van der Waals surface area contributed by atoms with Crippen LogP contribution in [0.1, 0.15) is 5.69 Å². The molecule has 1 heterocycles. The van der Waals surface area contributed by atoms with Crippen LogP contribution >= 0.6 is 0 Å². The van der Waals surface area contributed by atoms with Crippen LogP contribution in [0.15, 0.2) is 36.4 Å². The molecule has 0 saturated carbocycles. The highest BCUT2D eigenvalue weighted by Gasteiger charge is 2.02. The van der Waals surface area contributed by atoms with Crippen molar-refractivity contribution in [2.75, 3.05) is 0 Å². The van der Waals surface area contributed by atoms with E-state index in [4.69, 9.17) is 5.90 Å². The summed E-state index contributed by atoms with van der Waals surface area (Å²) in [4.78, 5) is 4.51. The lowest BCUT2D eigenvalue weighted by atomic mass is 10.1. The summed E-state index contributed by atoms with van der Waals surface area (Å²) < 4.78 is 0. The Kier molecular flexibility index (Phi) is 2.58. The summed E-state index contributed by atoms with van der Waals surface area (Å²) in [6.07, 6.45) is 0. The number of nitrogens with zero attached hydrogens (tertiary/aromatic N) is 1. The van der Waals surface area contributed by atoms with Crippen molar-refractivity contribution >= 4 is 0 Å². The number of hydrogen-bond donors (Lipinski definition) is 2. The lowest BCUT2D eigenvalue weighted by molar-refractivity contribution is 0.121. The van der Waals surface area contributed by atoms with Crippen molar-refractivity contribution in [1.82, 2.24) is 10.2 Å². The fraction of sp³-hybridized carbons (Fsp3) is 0.100. The van der Waals surface area contributed by atoms with Crippen LogP contribution in [0, 0.1) is 0 Å². The molecule has 0 radical (unpaired) electrons. The Labute approximate surface area is 81.7 Å². The Balaban J connectivity index is 2.25. The number of rotatable bonds is 3. The Morgan fingerprint density at radius 2 is 2.07 bits per heavy atom. The van der Waals surface area contributed by atoms with Gasteiger partial charge in [-0.3, -0.25) is 9.94 Å².